The van der Waals surface area contributed by atoms with Gasteiger partial charge in [-0.25, -0.2) is 0 Å². The van der Waals surface area contributed by atoms with Crippen LogP contribution in [0, 0.1) is 0 Å². The van der Waals surface area contributed by atoms with Gasteiger partial charge in [0.15, 0.2) is 0 Å². The van der Waals surface area contributed by atoms with Crippen LogP contribution in [-0.2, 0) is 9.59 Å². The number of nitrogens with one attached hydrogen (secondary N) is 1. The van der Waals surface area contributed by atoms with Crippen molar-refractivity contribution in [2.75, 3.05) is 44.8 Å². The summed E-state index contributed by atoms with van der Waals surface area (Å²) in [5.74, 6) is 0.0185. The highest BCUT2D eigenvalue weighted by Crippen LogP contribution is 2.24. The van der Waals surface area contributed by atoms with Crippen molar-refractivity contribution in [1.82, 2.24) is 9.80 Å². The Morgan fingerprint density at radius 3 is 2.57 bits per heavy atom. The highest BCUT2D eigenvalue weighted by molar-refractivity contribution is 7.98. The zero-order chi connectivity index (χ0) is 16.7. The minimum atomic E-state index is -0.0968. The number of carbonyl (C=O) groups excluding carboxylic acids is 2. The van der Waals surface area contributed by atoms with Crippen LogP contribution < -0.4 is 5.32 Å². The van der Waals surface area contributed by atoms with Gasteiger partial charge in [0.1, 0.15) is 0 Å². The van der Waals surface area contributed by atoms with Crippen molar-refractivity contribution >= 4 is 29.3 Å². The lowest BCUT2D eigenvalue weighted by molar-refractivity contribution is -0.133. The van der Waals surface area contributed by atoms with E-state index in [0.29, 0.717) is 0 Å². The number of piperidine rings is 1. The molecule has 0 atom stereocenters. The molecular weight excluding hydrogens is 310 g/mol. The fourth-order valence-electron chi connectivity index (χ4n) is 2.71. The van der Waals surface area contributed by atoms with E-state index >= 15 is 0 Å². The number of thioether (sulfide) groups is 1. The van der Waals surface area contributed by atoms with Crippen LogP contribution in [0.3, 0.4) is 0 Å². The van der Waals surface area contributed by atoms with Gasteiger partial charge in [-0.2, -0.15) is 0 Å². The van der Waals surface area contributed by atoms with Crippen molar-refractivity contribution in [3.05, 3.63) is 24.3 Å². The van der Waals surface area contributed by atoms with Gasteiger partial charge < -0.3 is 10.2 Å². The van der Waals surface area contributed by atoms with Crippen LogP contribution in [0.2, 0.25) is 0 Å². The van der Waals surface area contributed by atoms with Crippen molar-refractivity contribution < 1.29 is 9.59 Å². The SMILES string of the molecule is CSc1ccccc1NC(=O)CN(C)CC(=O)N1CCCCC1. The Bertz CT molecular complexity index is 544. The van der Waals surface area contributed by atoms with Crippen LogP contribution in [0.1, 0.15) is 19.3 Å². The van der Waals surface area contributed by atoms with Crippen molar-refractivity contribution in [2.45, 2.75) is 24.2 Å². The Labute approximate surface area is 142 Å². The third kappa shape index (κ3) is 5.55. The number of carbonyl (C=O) groups is 2. The Hall–Kier alpha value is -1.53. The first-order chi connectivity index (χ1) is 11.1. The largest absolute Gasteiger partial charge is 0.342 e. The van der Waals surface area contributed by atoms with Crippen molar-refractivity contribution in [2.24, 2.45) is 0 Å². The minimum Gasteiger partial charge on any atom is -0.342 e. The summed E-state index contributed by atoms with van der Waals surface area (Å²) in [6.07, 6.45) is 5.36. The Kier molecular flexibility index (Phi) is 6.92. The van der Waals surface area contributed by atoms with Crippen LogP contribution in [0.25, 0.3) is 0 Å². The number of nitrogens with zero attached hydrogens (tertiary/aromatic N) is 2. The molecule has 0 aromatic heterocycles. The maximum atomic E-state index is 12.2. The number of benzene rings is 1. The number of anilines is 1. The number of likely N-dealkylation sites (tertiary alicyclic amines) is 1. The monoisotopic (exact) mass is 335 g/mol. The predicted molar refractivity (Wildman–Crippen MR) is 94.8 cm³/mol. The van der Waals surface area contributed by atoms with Gasteiger partial charge in [-0.3, -0.25) is 14.5 Å². The molecule has 5 nitrogen and oxygen atoms in total. The van der Waals surface area contributed by atoms with E-state index in [1.165, 1.54) is 6.42 Å². The van der Waals surface area contributed by atoms with E-state index in [-0.39, 0.29) is 24.9 Å². The molecule has 2 rings (SSSR count). The third-order valence-electron chi connectivity index (χ3n) is 3.91. The summed E-state index contributed by atoms with van der Waals surface area (Å²) < 4.78 is 0. The topological polar surface area (TPSA) is 52.7 Å². The number of amides is 2. The molecule has 0 saturated carbocycles. The Balaban J connectivity index is 1.81. The average molecular weight is 335 g/mol. The predicted octanol–water partition coefficient (Wildman–Crippen LogP) is 2.29. The van der Waals surface area contributed by atoms with E-state index in [1.807, 2.05) is 42.5 Å². The molecule has 0 radical (unpaired) electrons. The number of likely N-dealkylation sites (N-methyl/N-ethyl adjacent to an activating group) is 1. The summed E-state index contributed by atoms with van der Waals surface area (Å²) in [7, 11) is 1.81. The Morgan fingerprint density at radius 2 is 1.87 bits per heavy atom. The van der Waals surface area contributed by atoms with Gasteiger partial charge in [-0.05, 0) is 44.7 Å². The smallest absolute Gasteiger partial charge is 0.238 e. The molecule has 1 heterocycles. The molecule has 6 heteroatoms. The van der Waals surface area contributed by atoms with Gasteiger partial charge in [0.25, 0.3) is 0 Å². The number of hydrogen-bond donors (Lipinski definition) is 1. The molecule has 0 unspecified atom stereocenters. The van der Waals surface area contributed by atoms with Crippen LogP contribution in [0.4, 0.5) is 5.69 Å². The van der Waals surface area contributed by atoms with E-state index in [1.54, 1.807) is 16.7 Å². The number of rotatable bonds is 6. The summed E-state index contributed by atoms with van der Waals surface area (Å²) in [4.78, 5) is 29.1. The molecule has 1 aliphatic rings. The maximum absolute atomic E-state index is 12.2. The molecule has 0 aliphatic carbocycles. The first-order valence-electron chi connectivity index (χ1n) is 7.99. The van der Waals surface area contributed by atoms with E-state index in [4.69, 9.17) is 0 Å². The average Bonchev–Trinajstić information content (AvgIpc) is 2.55. The molecule has 1 aromatic rings. The summed E-state index contributed by atoms with van der Waals surface area (Å²) in [5.41, 5.74) is 0.820. The number of hydrogen-bond acceptors (Lipinski definition) is 4. The van der Waals surface area contributed by atoms with Gasteiger partial charge in [-0.15, -0.1) is 11.8 Å². The van der Waals surface area contributed by atoms with Crippen LogP contribution in [0.15, 0.2) is 29.2 Å². The van der Waals surface area contributed by atoms with Gasteiger partial charge in [0.2, 0.25) is 11.8 Å². The summed E-state index contributed by atoms with van der Waals surface area (Å²) in [6.45, 7) is 2.19. The molecule has 1 saturated heterocycles. The maximum Gasteiger partial charge on any atom is 0.238 e. The molecule has 2 amide bonds. The molecular formula is C17H25N3O2S. The highest BCUT2D eigenvalue weighted by atomic mass is 32.2. The lowest BCUT2D eigenvalue weighted by atomic mass is 10.1. The quantitative estimate of drug-likeness (QED) is 0.811. The van der Waals surface area contributed by atoms with Crippen LogP contribution in [0.5, 0.6) is 0 Å². The highest BCUT2D eigenvalue weighted by Gasteiger charge is 2.19. The molecule has 1 fully saturated rings. The van der Waals surface area contributed by atoms with Crippen LogP contribution in [-0.4, -0.2) is 61.1 Å². The third-order valence-corrected chi connectivity index (χ3v) is 4.70. The summed E-state index contributed by atoms with van der Waals surface area (Å²) >= 11 is 1.60. The molecule has 0 spiro atoms. The van der Waals surface area contributed by atoms with Gasteiger partial charge in [0.05, 0.1) is 18.8 Å². The first kappa shape index (κ1) is 17.8. The molecule has 1 aliphatic heterocycles. The summed E-state index contributed by atoms with van der Waals surface area (Å²) in [6, 6.07) is 7.72. The standard InChI is InChI=1S/C17H25N3O2S/c1-19(13-17(22)20-10-6-3-7-11-20)12-16(21)18-14-8-4-5-9-15(14)23-2/h4-5,8-9H,3,6-7,10-13H2,1-2H3,(H,18,21). The van der Waals surface area contributed by atoms with E-state index in [2.05, 4.69) is 5.32 Å². The molecule has 1 aromatic carbocycles. The van der Waals surface area contributed by atoms with Crippen molar-refractivity contribution in [3.8, 4) is 0 Å². The fraction of sp³-hybridized carbons (Fsp3) is 0.529. The zero-order valence-electron chi connectivity index (χ0n) is 13.9. The molecule has 1 N–H and O–H groups in total. The minimum absolute atomic E-state index is 0.0968. The fourth-order valence-corrected chi connectivity index (χ4v) is 3.27. The molecule has 23 heavy (non-hydrogen) atoms. The van der Waals surface area contributed by atoms with Crippen molar-refractivity contribution in [1.29, 1.82) is 0 Å². The lowest BCUT2D eigenvalue weighted by Crippen LogP contribution is -2.43. The van der Waals surface area contributed by atoms with Crippen LogP contribution >= 0.6 is 11.8 Å². The lowest BCUT2D eigenvalue weighted by Gasteiger charge is -2.28. The van der Waals surface area contributed by atoms with Gasteiger partial charge in [0, 0.05) is 18.0 Å². The number of para-hydroxylation sites is 1. The first-order valence-corrected chi connectivity index (χ1v) is 9.22. The van der Waals surface area contributed by atoms with E-state index in [9.17, 15) is 9.59 Å². The second kappa shape index (κ2) is 8.93. The molecule has 0 bridgehead atoms. The van der Waals surface area contributed by atoms with Gasteiger partial charge in [-0.1, -0.05) is 12.1 Å². The summed E-state index contributed by atoms with van der Waals surface area (Å²) in [5, 5.41) is 2.92. The zero-order valence-corrected chi connectivity index (χ0v) is 14.7. The van der Waals surface area contributed by atoms with Gasteiger partial charge >= 0.3 is 0 Å². The van der Waals surface area contributed by atoms with Crippen molar-refractivity contribution in [3.63, 3.8) is 0 Å². The normalized spacial score (nSPS) is 14.8. The second-order valence-electron chi connectivity index (χ2n) is 5.86. The Morgan fingerprint density at radius 1 is 1.17 bits per heavy atom. The van der Waals surface area contributed by atoms with E-state index < -0.39 is 0 Å². The van der Waals surface area contributed by atoms with E-state index in [0.717, 1.165) is 36.5 Å². The molecule has 126 valence electrons. The second-order valence-corrected chi connectivity index (χ2v) is 6.71.